The summed E-state index contributed by atoms with van der Waals surface area (Å²) in [6.07, 6.45) is 6.70. The van der Waals surface area contributed by atoms with E-state index >= 15 is 0 Å². The first-order valence-corrected chi connectivity index (χ1v) is 5.46. The van der Waals surface area contributed by atoms with Gasteiger partial charge in [-0.15, -0.1) is 0 Å². The normalized spacial score (nSPS) is 20.0. The van der Waals surface area contributed by atoms with Crippen LogP contribution >= 0.6 is 0 Å². The lowest BCUT2D eigenvalue weighted by atomic mass is 9.79. The summed E-state index contributed by atoms with van der Waals surface area (Å²) in [4.78, 5) is 0. The van der Waals surface area contributed by atoms with E-state index in [1.807, 2.05) is 6.92 Å². The van der Waals surface area contributed by atoms with E-state index in [0.717, 1.165) is 17.9 Å². The second kappa shape index (κ2) is 4.29. The van der Waals surface area contributed by atoms with Crippen molar-refractivity contribution in [2.45, 2.75) is 52.1 Å². The highest BCUT2D eigenvalue weighted by molar-refractivity contribution is 5.31. The number of allylic oxidation sites excluding steroid dienone is 3. The van der Waals surface area contributed by atoms with Crippen LogP contribution in [0.5, 0.6) is 0 Å². The van der Waals surface area contributed by atoms with Gasteiger partial charge in [0.1, 0.15) is 5.67 Å². The largest absolute Gasteiger partial charge is 0.239 e. The molecule has 0 amide bonds. The lowest BCUT2D eigenvalue weighted by Gasteiger charge is -2.28. The van der Waals surface area contributed by atoms with E-state index in [9.17, 15) is 4.39 Å². The third kappa shape index (κ3) is 2.70. The molecule has 0 radical (unpaired) electrons. The van der Waals surface area contributed by atoms with Crippen molar-refractivity contribution >= 4 is 0 Å². The van der Waals surface area contributed by atoms with Crippen LogP contribution < -0.4 is 0 Å². The number of hydrogen-bond acceptors (Lipinski definition) is 0. The van der Waals surface area contributed by atoms with Crippen molar-refractivity contribution in [3.63, 3.8) is 0 Å². The zero-order valence-electron chi connectivity index (χ0n) is 9.57. The van der Waals surface area contributed by atoms with Gasteiger partial charge in [0, 0.05) is 0 Å². The first kappa shape index (κ1) is 11.5. The standard InChI is InChI=1S/C13H21F/c1-5-12(13(3,4)14)10(2)9-11-7-6-8-11/h5,11H,1,6-9H2,2-4H3/b12-10-. The molecule has 1 saturated carbocycles. The molecule has 1 heteroatoms. The average Bonchev–Trinajstić information content (AvgIpc) is 1.95. The summed E-state index contributed by atoms with van der Waals surface area (Å²) in [7, 11) is 0. The fourth-order valence-corrected chi connectivity index (χ4v) is 2.16. The van der Waals surface area contributed by atoms with Gasteiger partial charge in [-0.05, 0) is 38.7 Å². The van der Waals surface area contributed by atoms with Crippen LogP contribution in [-0.2, 0) is 0 Å². The Morgan fingerprint density at radius 3 is 2.36 bits per heavy atom. The Bertz CT molecular complexity index is 238. The quantitative estimate of drug-likeness (QED) is 0.584. The predicted molar refractivity (Wildman–Crippen MR) is 60.0 cm³/mol. The zero-order chi connectivity index (χ0) is 10.8. The minimum atomic E-state index is -1.24. The van der Waals surface area contributed by atoms with Gasteiger partial charge in [0.05, 0.1) is 0 Å². The maximum Gasteiger partial charge on any atom is 0.130 e. The molecule has 0 spiro atoms. The van der Waals surface area contributed by atoms with E-state index in [1.165, 1.54) is 24.8 Å². The van der Waals surface area contributed by atoms with E-state index in [-0.39, 0.29) is 0 Å². The summed E-state index contributed by atoms with van der Waals surface area (Å²) in [6.45, 7) is 8.95. The second-order valence-electron chi connectivity index (χ2n) is 4.87. The van der Waals surface area contributed by atoms with Gasteiger partial charge < -0.3 is 0 Å². The van der Waals surface area contributed by atoms with E-state index in [1.54, 1.807) is 19.9 Å². The van der Waals surface area contributed by atoms with Gasteiger partial charge in [0.2, 0.25) is 0 Å². The summed E-state index contributed by atoms with van der Waals surface area (Å²) >= 11 is 0. The smallest absolute Gasteiger partial charge is 0.130 e. The van der Waals surface area contributed by atoms with Gasteiger partial charge in [0.15, 0.2) is 0 Å². The summed E-state index contributed by atoms with van der Waals surface area (Å²) in [6, 6.07) is 0. The van der Waals surface area contributed by atoms with Crippen LogP contribution in [0.2, 0.25) is 0 Å². The van der Waals surface area contributed by atoms with Crippen molar-refractivity contribution in [2.24, 2.45) is 5.92 Å². The van der Waals surface area contributed by atoms with Crippen molar-refractivity contribution in [1.82, 2.24) is 0 Å². The molecule has 1 fully saturated rings. The zero-order valence-corrected chi connectivity index (χ0v) is 9.57. The van der Waals surface area contributed by atoms with Gasteiger partial charge in [-0.3, -0.25) is 0 Å². The molecule has 0 heterocycles. The first-order valence-electron chi connectivity index (χ1n) is 5.46. The maximum absolute atomic E-state index is 13.7. The molecule has 0 saturated heterocycles. The Hall–Kier alpha value is -0.590. The first-order chi connectivity index (χ1) is 6.45. The van der Waals surface area contributed by atoms with Crippen LogP contribution in [0.1, 0.15) is 46.5 Å². The van der Waals surface area contributed by atoms with Crippen LogP contribution in [-0.4, -0.2) is 5.67 Å². The Kier molecular flexibility index (Phi) is 3.52. The lowest BCUT2D eigenvalue weighted by Crippen LogP contribution is -2.18. The van der Waals surface area contributed by atoms with Crippen LogP contribution in [0.4, 0.5) is 4.39 Å². The molecule has 1 rings (SSSR count). The van der Waals surface area contributed by atoms with Crippen molar-refractivity contribution in [2.75, 3.05) is 0 Å². The molecule has 0 atom stereocenters. The van der Waals surface area contributed by atoms with Gasteiger partial charge >= 0.3 is 0 Å². The summed E-state index contributed by atoms with van der Waals surface area (Å²) in [5, 5.41) is 0. The van der Waals surface area contributed by atoms with Crippen molar-refractivity contribution in [3.05, 3.63) is 23.8 Å². The van der Waals surface area contributed by atoms with Crippen LogP contribution in [0.25, 0.3) is 0 Å². The minimum Gasteiger partial charge on any atom is -0.239 e. The topological polar surface area (TPSA) is 0 Å². The van der Waals surface area contributed by atoms with Crippen molar-refractivity contribution in [1.29, 1.82) is 0 Å². The van der Waals surface area contributed by atoms with Crippen LogP contribution in [0.15, 0.2) is 23.8 Å². The Morgan fingerprint density at radius 1 is 1.50 bits per heavy atom. The van der Waals surface area contributed by atoms with E-state index in [4.69, 9.17) is 0 Å². The highest BCUT2D eigenvalue weighted by atomic mass is 19.1. The molecule has 0 aromatic carbocycles. The molecule has 0 nitrogen and oxygen atoms in total. The van der Waals surface area contributed by atoms with Crippen LogP contribution in [0, 0.1) is 5.92 Å². The van der Waals surface area contributed by atoms with Gasteiger partial charge in [-0.1, -0.05) is 37.5 Å². The Labute approximate surface area is 86.9 Å². The number of hydrogen-bond donors (Lipinski definition) is 0. The fraction of sp³-hybridized carbons (Fsp3) is 0.692. The molecule has 0 aromatic rings. The predicted octanol–water partition coefficient (Wildman–Crippen LogP) is 4.43. The van der Waals surface area contributed by atoms with Gasteiger partial charge in [-0.2, -0.15) is 0 Å². The summed E-state index contributed by atoms with van der Waals surface area (Å²) < 4.78 is 13.7. The molecule has 0 N–H and O–H groups in total. The molecule has 1 aliphatic carbocycles. The number of rotatable bonds is 4. The Balaban J connectivity index is 2.71. The lowest BCUT2D eigenvalue weighted by molar-refractivity contribution is 0.266. The molecule has 0 bridgehead atoms. The van der Waals surface area contributed by atoms with E-state index < -0.39 is 5.67 Å². The Morgan fingerprint density at radius 2 is 2.07 bits per heavy atom. The highest BCUT2D eigenvalue weighted by Crippen LogP contribution is 2.35. The maximum atomic E-state index is 13.7. The van der Waals surface area contributed by atoms with Gasteiger partial charge in [-0.25, -0.2) is 4.39 Å². The third-order valence-corrected chi connectivity index (χ3v) is 3.12. The molecular formula is C13H21F. The summed E-state index contributed by atoms with van der Waals surface area (Å²) in [5.41, 5.74) is 0.719. The average molecular weight is 196 g/mol. The monoisotopic (exact) mass is 196 g/mol. The van der Waals surface area contributed by atoms with Crippen molar-refractivity contribution < 1.29 is 4.39 Å². The molecule has 0 aliphatic heterocycles. The van der Waals surface area contributed by atoms with Crippen LogP contribution in [0.3, 0.4) is 0 Å². The SMILES string of the molecule is C=C/C(=C(\C)CC1CCC1)C(C)(C)F. The second-order valence-corrected chi connectivity index (χ2v) is 4.87. The fourth-order valence-electron chi connectivity index (χ4n) is 2.16. The number of halogens is 1. The third-order valence-electron chi connectivity index (χ3n) is 3.12. The molecule has 80 valence electrons. The van der Waals surface area contributed by atoms with Crippen molar-refractivity contribution in [3.8, 4) is 0 Å². The van der Waals surface area contributed by atoms with E-state index in [0.29, 0.717) is 0 Å². The highest BCUT2D eigenvalue weighted by Gasteiger charge is 2.24. The van der Waals surface area contributed by atoms with Gasteiger partial charge in [0.25, 0.3) is 0 Å². The molecular weight excluding hydrogens is 175 g/mol. The molecule has 0 unspecified atom stereocenters. The number of alkyl halides is 1. The molecule has 0 aromatic heterocycles. The molecule has 1 aliphatic rings. The minimum absolute atomic E-state index is 0.782. The summed E-state index contributed by atoms with van der Waals surface area (Å²) in [5.74, 6) is 0.798. The molecule has 14 heavy (non-hydrogen) atoms. The van der Waals surface area contributed by atoms with E-state index in [2.05, 4.69) is 6.58 Å².